The molecule has 2 fully saturated rings. The van der Waals surface area contributed by atoms with Crippen LogP contribution in [0, 0.1) is 0 Å². The highest BCUT2D eigenvalue weighted by molar-refractivity contribution is 7.89. The Morgan fingerprint density at radius 2 is 1.70 bits per heavy atom. The lowest BCUT2D eigenvalue weighted by molar-refractivity contribution is 0.346. The first kappa shape index (κ1) is 16.7. The molecule has 1 aliphatic carbocycles. The van der Waals surface area contributed by atoms with Gasteiger partial charge in [-0.15, -0.1) is 0 Å². The number of nitrogens with zero attached hydrogens (tertiary/aromatic N) is 3. The number of sulfonamides is 1. The molecule has 0 spiro atoms. The molecule has 1 aliphatic heterocycles. The zero-order valence-corrected chi connectivity index (χ0v) is 14.8. The van der Waals surface area contributed by atoms with E-state index in [0.717, 1.165) is 25.1 Å². The second-order valence-electron chi connectivity index (χ2n) is 6.72. The summed E-state index contributed by atoms with van der Waals surface area (Å²) in [5.74, 6) is 0.870. The molecule has 1 saturated carbocycles. The largest absolute Gasteiger partial charge is 0.357 e. The number of hydrogen-bond acceptors (Lipinski definition) is 4. The van der Waals surface area contributed by atoms with Gasteiger partial charge in [-0.05, 0) is 37.8 Å². The molecule has 2 aliphatic rings. The molecule has 0 amide bonds. The molecule has 128 valence electrons. The van der Waals surface area contributed by atoms with E-state index in [4.69, 9.17) is 0 Å². The van der Waals surface area contributed by atoms with Crippen LogP contribution in [0.15, 0.2) is 23.2 Å². The first-order chi connectivity index (χ1) is 11.1. The molecule has 1 aromatic heterocycles. The zero-order chi connectivity index (χ0) is 16.3. The molecule has 0 unspecified atom stereocenters. The Labute approximate surface area is 139 Å². The van der Waals surface area contributed by atoms with Crippen molar-refractivity contribution >= 4 is 15.8 Å². The minimum atomic E-state index is -3.38. The second-order valence-corrected chi connectivity index (χ2v) is 8.66. The van der Waals surface area contributed by atoms with E-state index in [9.17, 15) is 8.42 Å². The summed E-state index contributed by atoms with van der Waals surface area (Å²) in [6.07, 6.45) is 10.8. The standard InChI is InChI=1S/C17H27N3O2S/c1-19(15-8-4-2-5-9-15)17-11-10-16(14-18-17)23(21,22)20-12-6-3-7-13-20/h10-11,14-15H,2-9,12-13H2,1H3. The van der Waals surface area contributed by atoms with Crippen molar-refractivity contribution in [3.63, 3.8) is 0 Å². The van der Waals surface area contributed by atoms with Gasteiger partial charge in [0.2, 0.25) is 10.0 Å². The predicted octanol–water partition coefficient (Wildman–Crippen LogP) is 3.03. The maximum atomic E-state index is 12.6. The molecular formula is C17H27N3O2S. The second kappa shape index (κ2) is 7.18. The minimum Gasteiger partial charge on any atom is -0.357 e. The zero-order valence-electron chi connectivity index (χ0n) is 13.9. The van der Waals surface area contributed by atoms with Crippen molar-refractivity contribution in [2.75, 3.05) is 25.0 Å². The number of hydrogen-bond donors (Lipinski definition) is 0. The summed E-state index contributed by atoms with van der Waals surface area (Å²) in [5, 5.41) is 0. The molecule has 0 atom stereocenters. The number of aromatic nitrogens is 1. The summed E-state index contributed by atoms with van der Waals surface area (Å²) < 4.78 is 26.9. The maximum absolute atomic E-state index is 12.6. The molecule has 23 heavy (non-hydrogen) atoms. The first-order valence-corrected chi connectivity index (χ1v) is 10.2. The van der Waals surface area contributed by atoms with E-state index in [0.29, 0.717) is 24.0 Å². The van der Waals surface area contributed by atoms with Gasteiger partial charge in [-0.2, -0.15) is 4.31 Å². The molecule has 5 nitrogen and oxygen atoms in total. The van der Waals surface area contributed by atoms with Gasteiger partial charge in [0.05, 0.1) is 0 Å². The Morgan fingerprint density at radius 1 is 1.04 bits per heavy atom. The van der Waals surface area contributed by atoms with Gasteiger partial charge in [0, 0.05) is 32.4 Å². The van der Waals surface area contributed by atoms with Crippen LogP contribution in [-0.2, 0) is 10.0 Å². The van der Waals surface area contributed by atoms with Crippen LogP contribution in [0.5, 0.6) is 0 Å². The van der Waals surface area contributed by atoms with Gasteiger partial charge in [0.1, 0.15) is 10.7 Å². The van der Waals surface area contributed by atoms with Crippen LogP contribution in [0.3, 0.4) is 0 Å². The highest BCUT2D eigenvalue weighted by atomic mass is 32.2. The highest BCUT2D eigenvalue weighted by Crippen LogP contribution is 2.26. The SMILES string of the molecule is CN(c1ccc(S(=O)(=O)N2CCCCC2)cn1)C1CCCCC1. The van der Waals surface area contributed by atoms with Crippen molar-refractivity contribution in [3.05, 3.63) is 18.3 Å². The third-order valence-corrected chi connectivity index (χ3v) is 7.04. The Hall–Kier alpha value is -1.14. The fourth-order valence-corrected chi connectivity index (χ4v) is 5.11. The summed E-state index contributed by atoms with van der Waals surface area (Å²) >= 11 is 0. The Bertz CT molecular complexity index is 603. The molecule has 6 heteroatoms. The predicted molar refractivity (Wildman–Crippen MR) is 92.1 cm³/mol. The van der Waals surface area contributed by atoms with Crippen LogP contribution in [-0.4, -0.2) is 43.9 Å². The summed E-state index contributed by atoms with van der Waals surface area (Å²) in [5.41, 5.74) is 0. The smallest absolute Gasteiger partial charge is 0.244 e. The molecule has 0 N–H and O–H groups in total. The number of piperidine rings is 1. The highest BCUT2D eigenvalue weighted by Gasteiger charge is 2.26. The van der Waals surface area contributed by atoms with Crippen LogP contribution in [0.25, 0.3) is 0 Å². The monoisotopic (exact) mass is 337 g/mol. The van der Waals surface area contributed by atoms with E-state index in [-0.39, 0.29) is 0 Å². The van der Waals surface area contributed by atoms with E-state index < -0.39 is 10.0 Å². The number of rotatable bonds is 4. The molecular weight excluding hydrogens is 310 g/mol. The van der Waals surface area contributed by atoms with Crippen LogP contribution >= 0.6 is 0 Å². The van der Waals surface area contributed by atoms with E-state index in [1.54, 1.807) is 10.4 Å². The summed E-state index contributed by atoms with van der Waals surface area (Å²) in [6, 6.07) is 4.10. The lowest BCUT2D eigenvalue weighted by Crippen LogP contribution is -2.36. The lowest BCUT2D eigenvalue weighted by Gasteiger charge is -2.32. The number of pyridine rings is 1. The Balaban J connectivity index is 1.73. The number of anilines is 1. The quantitative estimate of drug-likeness (QED) is 0.847. The first-order valence-electron chi connectivity index (χ1n) is 8.78. The molecule has 3 rings (SSSR count). The molecule has 0 radical (unpaired) electrons. The summed E-state index contributed by atoms with van der Waals surface area (Å²) in [7, 11) is -1.31. The summed E-state index contributed by atoms with van der Waals surface area (Å²) in [6.45, 7) is 1.26. The van der Waals surface area contributed by atoms with Crippen molar-refractivity contribution in [1.29, 1.82) is 0 Å². The van der Waals surface area contributed by atoms with Crippen molar-refractivity contribution < 1.29 is 8.42 Å². The molecule has 1 saturated heterocycles. The van der Waals surface area contributed by atoms with Crippen LogP contribution in [0.4, 0.5) is 5.82 Å². The van der Waals surface area contributed by atoms with Crippen molar-refractivity contribution in [2.45, 2.75) is 62.3 Å². The fourth-order valence-electron chi connectivity index (χ4n) is 3.64. The molecule has 2 heterocycles. The van der Waals surface area contributed by atoms with Crippen molar-refractivity contribution in [1.82, 2.24) is 9.29 Å². The normalized spacial score (nSPS) is 21.3. The van der Waals surface area contributed by atoms with Gasteiger partial charge in [-0.1, -0.05) is 25.7 Å². The van der Waals surface area contributed by atoms with Crippen LogP contribution < -0.4 is 4.90 Å². The van der Waals surface area contributed by atoms with Crippen molar-refractivity contribution in [3.8, 4) is 0 Å². The van der Waals surface area contributed by atoms with E-state index in [1.165, 1.54) is 38.3 Å². The van der Waals surface area contributed by atoms with Gasteiger partial charge in [-0.3, -0.25) is 0 Å². The molecule has 0 bridgehead atoms. The van der Waals surface area contributed by atoms with E-state index in [2.05, 4.69) is 16.9 Å². The molecule has 1 aromatic rings. The van der Waals surface area contributed by atoms with E-state index >= 15 is 0 Å². The maximum Gasteiger partial charge on any atom is 0.244 e. The average molecular weight is 337 g/mol. The minimum absolute atomic E-state index is 0.320. The van der Waals surface area contributed by atoms with Gasteiger partial charge in [0.15, 0.2) is 0 Å². The lowest BCUT2D eigenvalue weighted by atomic mass is 9.94. The third kappa shape index (κ3) is 3.69. The van der Waals surface area contributed by atoms with Gasteiger partial charge < -0.3 is 4.90 Å². The van der Waals surface area contributed by atoms with Crippen LogP contribution in [0.2, 0.25) is 0 Å². The Morgan fingerprint density at radius 3 is 2.30 bits per heavy atom. The average Bonchev–Trinajstić information content (AvgIpc) is 2.63. The van der Waals surface area contributed by atoms with Gasteiger partial charge >= 0.3 is 0 Å². The van der Waals surface area contributed by atoms with E-state index in [1.807, 2.05) is 6.07 Å². The summed E-state index contributed by atoms with van der Waals surface area (Å²) in [4.78, 5) is 6.96. The van der Waals surface area contributed by atoms with Crippen LogP contribution in [0.1, 0.15) is 51.4 Å². The topological polar surface area (TPSA) is 53.5 Å². The fraction of sp³-hybridized carbons (Fsp3) is 0.706. The van der Waals surface area contributed by atoms with Gasteiger partial charge in [-0.25, -0.2) is 13.4 Å². The van der Waals surface area contributed by atoms with Gasteiger partial charge in [0.25, 0.3) is 0 Å². The Kier molecular flexibility index (Phi) is 5.21. The third-order valence-electron chi connectivity index (χ3n) is 5.16. The molecule has 0 aromatic carbocycles. The van der Waals surface area contributed by atoms with Crippen molar-refractivity contribution in [2.24, 2.45) is 0 Å².